The maximum Gasteiger partial charge on any atom is 0.159 e. The predicted octanol–water partition coefficient (Wildman–Crippen LogP) is 2.75. The van der Waals surface area contributed by atoms with E-state index in [1.165, 1.54) is 0 Å². The van der Waals surface area contributed by atoms with E-state index in [1.54, 1.807) is 27.2 Å². The molecule has 0 amide bonds. The maximum absolute atomic E-state index is 11.5. The highest BCUT2D eigenvalue weighted by molar-refractivity contribution is 5.94. The fourth-order valence-electron chi connectivity index (χ4n) is 2.27. The van der Waals surface area contributed by atoms with Crippen LogP contribution in [0.5, 0.6) is 5.75 Å². The molecule has 0 spiro atoms. The average Bonchev–Trinajstić information content (AvgIpc) is 2.44. The highest BCUT2D eigenvalue weighted by Crippen LogP contribution is 2.22. The Balaban J connectivity index is 2.98. The molecule has 0 heterocycles. The Hall–Kier alpha value is -1.39. The van der Waals surface area contributed by atoms with Gasteiger partial charge in [0.1, 0.15) is 5.75 Å². The zero-order valence-electron chi connectivity index (χ0n) is 13.1. The van der Waals surface area contributed by atoms with E-state index in [2.05, 4.69) is 18.7 Å². The van der Waals surface area contributed by atoms with Crippen molar-refractivity contribution in [1.82, 2.24) is 4.90 Å². The number of rotatable bonds is 8. The van der Waals surface area contributed by atoms with Crippen molar-refractivity contribution in [3.63, 3.8) is 0 Å². The Morgan fingerprint density at radius 1 is 1.35 bits per heavy atom. The third kappa shape index (κ3) is 4.32. The molecule has 1 unspecified atom stereocenters. The van der Waals surface area contributed by atoms with E-state index in [0.717, 1.165) is 30.0 Å². The summed E-state index contributed by atoms with van der Waals surface area (Å²) in [6.07, 6.45) is 0. The number of methoxy groups -OCH3 is 2. The number of nitrogens with zero attached hydrogens (tertiary/aromatic N) is 1. The first-order valence-corrected chi connectivity index (χ1v) is 6.94. The van der Waals surface area contributed by atoms with Gasteiger partial charge in [0.25, 0.3) is 0 Å². The second-order valence-electron chi connectivity index (χ2n) is 4.95. The zero-order valence-corrected chi connectivity index (χ0v) is 13.1. The molecule has 0 saturated heterocycles. The van der Waals surface area contributed by atoms with E-state index in [1.807, 2.05) is 12.1 Å². The molecule has 1 atom stereocenters. The zero-order chi connectivity index (χ0) is 15.1. The third-order valence-electron chi connectivity index (χ3n) is 3.50. The van der Waals surface area contributed by atoms with Gasteiger partial charge in [-0.1, -0.05) is 6.92 Å². The number of likely N-dealkylation sites (N-methyl/N-ethyl adjacent to an activating group) is 1. The fraction of sp³-hybridized carbons (Fsp3) is 0.562. The predicted molar refractivity (Wildman–Crippen MR) is 80.4 cm³/mol. The molecule has 0 bridgehead atoms. The lowest BCUT2D eigenvalue weighted by atomic mass is 10.1. The molecule has 0 N–H and O–H groups in total. The van der Waals surface area contributed by atoms with Gasteiger partial charge in [-0.05, 0) is 38.6 Å². The summed E-state index contributed by atoms with van der Waals surface area (Å²) >= 11 is 0. The molecule has 4 nitrogen and oxygen atoms in total. The van der Waals surface area contributed by atoms with Crippen LogP contribution in [-0.4, -0.2) is 44.1 Å². The highest BCUT2D eigenvalue weighted by Gasteiger charge is 2.15. The van der Waals surface area contributed by atoms with Gasteiger partial charge >= 0.3 is 0 Å². The summed E-state index contributed by atoms with van der Waals surface area (Å²) in [6.45, 7) is 8.17. The van der Waals surface area contributed by atoms with Crippen molar-refractivity contribution in [2.75, 3.05) is 27.4 Å². The highest BCUT2D eigenvalue weighted by atomic mass is 16.5. The van der Waals surface area contributed by atoms with Crippen LogP contribution < -0.4 is 4.74 Å². The molecular weight excluding hydrogens is 254 g/mol. The van der Waals surface area contributed by atoms with Crippen molar-refractivity contribution >= 4 is 5.78 Å². The summed E-state index contributed by atoms with van der Waals surface area (Å²) in [7, 11) is 3.36. The van der Waals surface area contributed by atoms with E-state index in [4.69, 9.17) is 9.47 Å². The van der Waals surface area contributed by atoms with Gasteiger partial charge in [-0.25, -0.2) is 0 Å². The maximum atomic E-state index is 11.5. The average molecular weight is 279 g/mol. The Morgan fingerprint density at radius 2 is 2.05 bits per heavy atom. The lowest BCUT2D eigenvalue weighted by molar-refractivity contribution is 0.0974. The van der Waals surface area contributed by atoms with Crippen LogP contribution >= 0.6 is 0 Å². The minimum absolute atomic E-state index is 0.0712. The monoisotopic (exact) mass is 279 g/mol. The molecule has 20 heavy (non-hydrogen) atoms. The fourth-order valence-corrected chi connectivity index (χ4v) is 2.27. The first-order valence-electron chi connectivity index (χ1n) is 6.94. The Kier molecular flexibility index (Phi) is 6.68. The van der Waals surface area contributed by atoms with Gasteiger partial charge in [-0.2, -0.15) is 0 Å². The first-order chi connectivity index (χ1) is 9.53. The summed E-state index contributed by atoms with van der Waals surface area (Å²) < 4.78 is 10.6. The van der Waals surface area contributed by atoms with E-state index in [-0.39, 0.29) is 5.78 Å². The van der Waals surface area contributed by atoms with Crippen molar-refractivity contribution < 1.29 is 14.3 Å². The second-order valence-corrected chi connectivity index (χ2v) is 4.95. The number of benzene rings is 1. The topological polar surface area (TPSA) is 38.8 Å². The van der Waals surface area contributed by atoms with Gasteiger partial charge in [0.05, 0.1) is 13.7 Å². The molecule has 0 aliphatic rings. The summed E-state index contributed by atoms with van der Waals surface area (Å²) in [5.74, 6) is 0.889. The van der Waals surface area contributed by atoms with E-state index >= 15 is 0 Å². The number of Topliss-reactive ketones (excluding diaryl/α,β-unsaturated/α-hetero) is 1. The van der Waals surface area contributed by atoms with Crippen LogP contribution in [-0.2, 0) is 11.3 Å². The van der Waals surface area contributed by atoms with Crippen LogP contribution in [0.3, 0.4) is 0 Å². The van der Waals surface area contributed by atoms with Gasteiger partial charge in [0, 0.05) is 30.8 Å². The largest absolute Gasteiger partial charge is 0.496 e. The number of carbonyl (C=O) groups is 1. The van der Waals surface area contributed by atoms with Gasteiger partial charge in [0.2, 0.25) is 0 Å². The van der Waals surface area contributed by atoms with Crippen molar-refractivity contribution in [2.45, 2.75) is 33.4 Å². The molecule has 1 rings (SSSR count). The van der Waals surface area contributed by atoms with Crippen LogP contribution in [0.25, 0.3) is 0 Å². The molecule has 0 aliphatic heterocycles. The molecule has 0 fully saturated rings. The molecule has 0 radical (unpaired) electrons. The number of ketones is 1. The Labute approximate surface area is 121 Å². The van der Waals surface area contributed by atoms with E-state index < -0.39 is 0 Å². The lowest BCUT2D eigenvalue weighted by Gasteiger charge is -2.28. The van der Waals surface area contributed by atoms with Crippen molar-refractivity contribution in [1.29, 1.82) is 0 Å². The molecular formula is C16H25NO3. The number of carbonyl (C=O) groups excluding carboxylic acids is 1. The van der Waals surface area contributed by atoms with Gasteiger partial charge in [-0.15, -0.1) is 0 Å². The van der Waals surface area contributed by atoms with Crippen molar-refractivity contribution in [3.05, 3.63) is 29.3 Å². The number of hydrogen-bond donors (Lipinski definition) is 0. The minimum Gasteiger partial charge on any atom is -0.496 e. The van der Waals surface area contributed by atoms with Crippen LogP contribution in [0.2, 0.25) is 0 Å². The summed E-state index contributed by atoms with van der Waals surface area (Å²) in [6, 6.07) is 5.90. The lowest BCUT2D eigenvalue weighted by Crippen LogP contribution is -2.35. The molecule has 0 aliphatic carbocycles. The van der Waals surface area contributed by atoms with Gasteiger partial charge in [-0.3, -0.25) is 9.69 Å². The standard InChI is InChI=1S/C16H25NO3/c1-6-17(12(2)11-19-4)10-15-9-14(13(3)18)7-8-16(15)20-5/h7-9,12H,6,10-11H2,1-5H3. The minimum atomic E-state index is 0.0712. The quantitative estimate of drug-likeness (QED) is 0.686. The van der Waals surface area contributed by atoms with E-state index in [0.29, 0.717) is 12.6 Å². The summed E-state index contributed by atoms with van der Waals surface area (Å²) in [5, 5.41) is 0. The number of ether oxygens (including phenoxy) is 2. The van der Waals surface area contributed by atoms with E-state index in [9.17, 15) is 4.79 Å². The van der Waals surface area contributed by atoms with Crippen molar-refractivity contribution in [2.24, 2.45) is 0 Å². The molecule has 1 aromatic carbocycles. The van der Waals surface area contributed by atoms with Crippen LogP contribution in [0.1, 0.15) is 36.7 Å². The van der Waals surface area contributed by atoms with Crippen molar-refractivity contribution in [3.8, 4) is 5.75 Å². The first kappa shape index (κ1) is 16.7. The smallest absolute Gasteiger partial charge is 0.159 e. The molecule has 1 aromatic rings. The molecule has 0 saturated carbocycles. The van der Waals surface area contributed by atoms with Gasteiger partial charge < -0.3 is 9.47 Å². The third-order valence-corrected chi connectivity index (χ3v) is 3.50. The number of hydrogen-bond acceptors (Lipinski definition) is 4. The summed E-state index contributed by atoms with van der Waals surface area (Å²) in [4.78, 5) is 13.8. The Bertz CT molecular complexity index is 445. The van der Waals surface area contributed by atoms with Crippen LogP contribution in [0.15, 0.2) is 18.2 Å². The van der Waals surface area contributed by atoms with Crippen LogP contribution in [0.4, 0.5) is 0 Å². The van der Waals surface area contributed by atoms with Gasteiger partial charge in [0.15, 0.2) is 5.78 Å². The molecule has 112 valence electrons. The van der Waals surface area contributed by atoms with Crippen LogP contribution in [0, 0.1) is 0 Å². The summed E-state index contributed by atoms with van der Waals surface area (Å²) in [5.41, 5.74) is 1.75. The SMILES string of the molecule is CCN(Cc1cc(C(C)=O)ccc1OC)C(C)COC. The normalized spacial score (nSPS) is 12.5. The molecule has 0 aromatic heterocycles. The second kappa shape index (κ2) is 8.02. The Morgan fingerprint density at radius 3 is 2.55 bits per heavy atom. The molecule has 4 heteroatoms.